The number of nitrogens with zero attached hydrogens (tertiary/aromatic N) is 3. The quantitative estimate of drug-likeness (QED) is 0.525. The topological polar surface area (TPSA) is 75.8 Å². The molecule has 134 valence electrons. The lowest BCUT2D eigenvalue weighted by Crippen LogP contribution is -2.35. The summed E-state index contributed by atoms with van der Waals surface area (Å²) in [5.74, 6) is 0.335. The molecule has 1 aliphatic heterocycles. The van der Waals surface area contributed by atoms with E-state index in [1.54, 1.807) is 24.0 Å². The van der Waals surface area contributed by atoms with Crippen LogP contribution in [-0.4, -0.2) is 34.7 Å². The van der Waals surface area contributed by atoms with Crippen LogP contribution in [0.5, 0.6) is 0 Å². The molecule has 0 atom stereocenters. The Balaban J connectivity index is 1.74. The fourth-order valence-corrected chi connectivity index (χ4v) is 3.39. The van der Waals surface area contributed by atoms with E-state index in [0.29, 0.717) is 30.1 Å². The maximum absolute atomic E-state index is 13.1. The van der Waals surface area contributed by atoms with Gasteiger partial charge in [-0.05, 0) is 23.8 Å². The molecule has 6 nitrogen and oxygen atoms in total. The summed E-state index contributed by atoms with van der Waals surface area (Å²) in [6, 6.07) is 18.4. The molecule has 1 heterocycles. The molecule has 6 heteroatoms. The van der Waals surface area contributed by atoms with E-state index in [2.05, 4.69) is 4.99 Å². The molecule has 1 amide bonds. The van der Waals surface area contributed by atoms with Crippen molar-refractivity contribution >= 4 is 28.2 Å². The zero-order valence-corrected chi connectivity index (χ0v) is 14.8. The van der Waals surface area contributed by atoms with Gasteiger partial charge in [0.25, 0.3) is 11.6 Å². The van der Waals surface area contributed by atoms with Crippen molar-refractivity contribution in [3.05, 3.63) is 87.5 Å². The highest BCUT2D eigenvalue weighted by Gasteiger charge is 2.28. The number of rotatable bonds is 3. The summed E-state index contributed by atoms with van der Waals surface area (Å²) in [5.41, 5.74) is 1.66. The maximum Gasteiger partial charge on any atom is 0.273 e. The lowest BCUT2D eigenvalue weighted by molar-refractivity contribution is -0.385. The number of nitro benzene ring substituents is 1. The number of hydrogen-bond acceptors (Lipinski definition) is 4. The van der Waals surface area contributed by atoms with Crippen LogP contribution in [0.1, 0.15) is 21.5 Å². The number of hydrogen-bond donors (Lipinski definition) is 0. The average molecular weight is 359 g/mol. The third-order valence-electron chi connectivity index (χ3n) is 4.77. The van der Waals surface area contributed by atoms with Crippen LogP contribution < -0.4 is 0 Å². The first-order chi connectivity index (χ1) is 13.1. The van der Waals surface area contributed by atoms with Crippen molar-refractivity contribution in [3.8, 4) is 0 Å². The Labute approximate surface area is 155 Å². The summed E-state index contributed by atoms with van der Waals surface area (Å²) >= 11 is 0. The molecule has 0 radical (unpaired) electrons. The lowest BCUT2D eigenvalue weighted by atomic mass is 10.0. The molecule has 0 fully saturated rings. The van der Waals surface area contributed by atoms with Crippen LogP contribution in [0.3, 0.4) is 0 Å². The van der Waals surface area contributed by atoms with Crippen molar-refractivity contribution in [2.45, 2.75) is 6.92 Å². The summed E-state index contributed by atoms with van der Waals surface area (Å²) in [6.07, 6.45) is 0. The van der Waals surface area contributed by atoms with E-state index >= 15 is 0 Å². The molecule has 0 aliphatic carbocycles. The largest absolute Gasteiger partial charge is 0.291 e. The van der Waals surface area contributed by atoms with E-state index in [0.717, 1.165) is 16.3 Å². The highest BCUT2D eigenvalue weighted by molar-refractivity contribution is 6.18. The highest BCUT2D eigenvalue weighted by Crippen LogP contribution is 2.25. The van der Waals surface area contributed by atoms with Crippen molar-refractivity contribution in [3.63, 3.8) is 0 Å². The summed E-state index contributed by atoms with van der Waals surface area (Å²) < 4.78 is 0. The monoisotopic (exact) mass is 359 g/mol. The molecule has 0 unspecified atom stereocenters. The molecule has 0 saturated carbocycles. The first kappa shape index (κ1) is 16.9. The minimum Gasteiger partial charge on any atom is -0.291 e. The van der Waals surface area contributed by atoms with Crippen LogP contribution in [0.2, 0.25) is 0 Å². The van der Waals surface area contributed by atoms with Crippen molar-refractivity contribution < 1.29 is 9.72 Å². The smallest absolute Gasteiger partial charge is 0.273 e. The molecule has 0 bridgehead atoms. The molecule has 27 heavy (non-hydrogen) atoms. The van der Waals surface area contributed by atoms with Gasteiger partial charge in [0.2, 0.25) is 0 Å². The van der Waals surface area contributed by atoms with Crippen LogP contribution >= 0.6 is 0 Å². The summed E-state index contributed by atoms with van der Waals surface area (Å²) in [5, 5.41) is 13.3. The third-order valence-corrected chi connectivity index (χ3v) is 4.77. The highest BCUT2D eigenvalue weighted by atomic mass is 16.6. The number of amidine groups is 1. The molecule has 0 saturated heterocycles. The Morgan fingerprint density at radius 2 is 1.89 bits per heavy atom. The summed E-state index contributed by atoms with van der Waals surface area (Å²) in [4.78, 5) is 30.0. The minimum atomic E-state index is -0.463. The zero-order valence-electron chi connectivity index (χ0n) is 14.8. The number of carbonyl (C=O) groups excluding carboxylic acids is 1. The Hall–Kier alpha value is -3.54. The number of benzene rings is 3. The second-order valence-corrected chi connectivity index (χ2v) is 6.45. The van der Waals surface area contributed by atoms with Crippen molar-refractivity contribution in [1.82, 2.24) is 4.90 Å². The first-order valence-corrected chi connectivity index (χ1v) is 8.66. The number of aryl methyl sites for hydroxylation is 1. The van der Waals surface area contributed by atoms with Crippen LogP contribution in [0.15, 0.2) is 65.7 Å². The van der Waals surface area contributed by atoms with Crippen molar-refractivity contribution in [2.75, 3.05) is 13.1 Å². The van der Waals surface area contributed by atoms with E-state index < -0.39 is 4.92 Å². The fourth-order valence-electron chi connectivity index (χ4n) is 3.39. The van der Waals surface area contributed by atoms with E-state index in [4.69, 9.17) is 0 Å². The summed E-state index contributed by atoms with van der Waals surface area (Å²) in [7, 11) is 0. The second-order valence-electron chi connectivity index (χ2n) is 6.45. The van der Waals surface area contributed by atoms with Gasteiger partial charge in [-0.2, -0.15) is 0 Å². The standard InChI is InChI=1S/C21H17N3O3/c1-14-9-10-16(13-19(14)24(26)27)21(25)23-12-11-22-20(23)18-8-4-6-15-5-2-3-7-17(15)18/h2-10,13H,11-12H2,1H3. The van der Waals surface area contributed by atoms with Gasteiger partial charge in [0.05, 0.1) is 11.5 Å². The number of fused-ring (bicyclic) bond motifs is 1. The molecule has 0 N–H and O–H groups in total. The van der Waals surface area contributed by atoms with E-state index in [1.165, 1.54) is 6.07 Å². The van der Waals surface area contributed by atoms with E-state index in [9.17, 15) is 14.9 Å². The lowest BCUT2D eigenvalue weighted by Gasteiger charge is -2.20. The van der Waals surface area contributed by atoms with Crippen LogP contribution in [0, 0.1) is 17.0 Å². The van der Waals surface area contributed by atoms with E-state index in [-0.39, 0.29) is 11.6 Å². The Bertz CT molecular complexity index is 1100. The Kier molecular flexibility index (Phi) is 4.16. The van der Waals surface area contributed by atoms with Gasteiger partial charge in [-0.1, -0.05) is 48.5 Å². The van der Waals surface area contributed by atoms with Crippen molar-refractivity contribution in [1.29, 1.82) is 0 Å². The van der Waals surface area contributed by atoms with Crippen LogP contribution in [0.4, 0.5) is 5.69 Å². The third kappa shape index (κ3) is 2.95. The van der Waals surface area contributed by atoms with Crippen LogP contribution in [0.25, 0.3) is 10.8 Å². The van der Waals surface area contributed by atoms with Gasteiger partial charge in [-0.3, -0.25) is 24.8 Å². The molecular weight excluding hydrogens is 342 g/mol. The maximum atomic E-state index is 13.1. The predicted octanol–water partition coefficient (Wildman–Crippen LogP) is 3.96. The SMILES string of the molecule is Cc1ccc(C(=O)N2CCN=C2c2cccc3ccccc23)cc1[N+](=O)[O-]. The average Bonchev–Trinajstić information content (AvgIpc) is 3.16. The molecule has 4 rings (SSSR count). The van der Waals surface area contributed by atoms with Gasteiger partial charge in [-0.15, -0.1) is 0 Å². The second kappa shape index (κ2) is 6.64. The van der Waals surface area contributed by atoms with Crippen LogP contribution in [-0.2, 0) is 0 Å². The summed E-state index contributed by atoms with van der Waals surface area (Å²) in [6.45, 7) is 2.63. The zero-order chi connectivity index (χ0) is 19.0. The predicted molar refractivity (Wildman–Crippen MR) is 104 cm³/mol. The molecule has 1 aliphatic rings. The number of amides is 1. The molecular formula is C21H17N3O3. The van der Waals surface area contributed by atoms with Gasteiger partial charge < -0.3 is 0 Å². The Morgan fingerprint density at radius 3 is 2.70 bits per heavy atom. The van der Waals surface area contributed by atoms with Crippen molar-refractivity contribution in [2.24, 2.45) is 4.99 Å². The molecule has 0 spiro atoms. The fraction of sp³-hybridized carbons (Fsp3) is 0.143. The van der Waals surface area contributed by atoms with Gasteiger partial charge >= 0.3 is 0 Å². The number of carbonyl (C=O) groups is 1. The number of aliphatic imine (C=N–C) groups is 1. The molecule has 3 aromatic rings. The molecule has 3 aromatic carbocycles. The first-order valence-electron chi connectivity index (χ1n) is 8.66. The number of nitro groups is 1. The van der Waals surface area contributed by atoms with Gasteiger partial charge in [0.1, 0.15) is 5.84 Å². The Morgan fingerprint density at radius 1 is 1.11 bits per heavy atom. The normalized spacial score (nSPS) is 13.7. The van der Waals surface area contributed by atoms with E-state index in [1.807, 2.05) is 42.5 Å². The van der Waals surface area contributed by atoms with Gasteiger partial charge in [-0.25, -0.2) is 0 Å². The van der Waals surface area contributed by atoms with Gasteiger partial charge in [0, 0.05) is 29.3 Å². The minimum absolute atomic E-state index is 0.0521. The van der Waals surface area contributed by atoms with Gasteiger partial charge in [0.15, 0.2) is 0 Å². The molecule has 0 aromatic heterocycles.